The topological polar surface area (TPSA) is 52.7 Å². The van der Waals surface area contributed by atoms with Gasteiger partial charge in [0.05, 0.1) is 0 Å². The summed E-state index contributed by atoms with van der Waals surface area (Å²) in [7, 11) is 0. The average Bonchev–Trinajstić information content (AvgIpc) is 3.32. The van der Waals surface area contributed by atoms with Gasteiger partial charge in [-0.1, -0.05) is 12.1 Å². The van der Waals surface area contributed by atoms with Gasteiger partial charge in [-0.05, 0) is 31.9 Å². The van der Waals surface area contributed by atoms with Gasteiger partial charge < -0.3 is 10.2 Å². The maximum Gasteiger partial charge on any atom is 0.321 e. The van der Waals surface area contributed by atoms with Gasteiger partial charge in [0.15, 0.2) is 5.78 Å². The number of carbonyl (C=O) groups excluding carboxylic acids is 2. The van der Waals surface area contributed by atoms with Gasteiger partial charge in [-0.15, -0.1) is 0 Å². The van der Waals surface area contributed by atoms with Gasteiger partial charge in [-0.2, -0.15) is 0 Å². The van der Waals surface area contributed by atoms with E-state index in [4.69, 9.17) is 0 Å². The highest BCUT2D eigenvalue weighted by atomic mass is 16.2. The van der Waals surface area contributed by atoms with Crippen molar-refractivity contribution in [1.82, 2.24) is 9.80 Å². The molecule has 0 atom stereocenters. The molecule has 2 amide bonds. The van der Waals surface area contributed by atoms with Gasteiger partial charge >= 0.3 is 6.03 Å². The molecule has 0 bridgehead atoms. The van der Waals surface area contributed by atoms with Gasteiger partial charge in [-0.25, -0.2) is 4.79 Å². The van der Waals surface area contributed by atoms with Gasteiger partial charge in [0.25, 0.3) is 0 Å². The Hall–Kier alpha value is -1.88. The van der Waals surface area contributed by atoms with Gasteiger partial charge in [0, 0.05) is 43.5 Å². The number of benzene rings is 1. The number of nitrogens with zero attached hydrogens (tertiary/aromatic N) is 2. The van der Waals surface area contributed by atoms with E-state index in [0.717, 1.165) is 32.2 Å². The van der Waals surface area contributed by atoms with Crippen LogP contribution in [0.1, 0.15) is 30.1 Å². The molecule has 21 heavy (non-hydrogen) atoms. The number of ketones is 1. The van der Waals surface area contributed by atoms with Crippen molar-refractivity contribution >= 4 is 17.5 Å². The summed E-state index contributed by atoms with van der Waals surface area (Å²) in [5.74, 6) is 0.00384. The van der Waals surface area contributed by atoms with Crippen LogP contribution in [-0.4, -0.2) is 53.8 Å². The second-order valence-electron chi connectivity index (χ2n) is 5.82. The fourth-order valence-corrected chi connectivity index (χ4v) is 2.75. The van der Waals surface area contributed by atoms with Crippen LogP contribution in [0.2, 0.25) is 0 Å². The molecule has 2 fully saturated rings. The van der Waals surface area contributed by atoms with Crippen LogP contribution < -0.4 is 5.32 Å². The lowest BCUT2D eigenvalue weighted by Crippen LogP contribution is -2.50. The van der Waals surface area contributed by atoms with E-state index < -0.39 is 0 Å². The maximum atomic E-state index is 12.3. The second-order valence-corrected chi connectivity index (χ2v) is 5.82. The summed E-state index contributed by atoms with van der Waals surface area (Å²) in [5, 5.41) is 2.88. The van der Waals surface area contributed by atoms with Gasteiger partial charge in [0.2, 0.25) is 0 Å². The summed E-state index contributed by atoms with van der Waals surface area (Å²) in [5.41, 5.74) is 1.30. The molecule has 112 valence electrons. The Kier molecular flexibility index (Phi) is 3.92. The van der Waals surface area contributed by atoms with Crippen LogP contribution in [-0.2, 0) is 0 Å². The van der Waals surface area contributed by atoms with E-state index in [9.17, 15) is 9.59 Å². The third-order valence-electron chi connectivity index (χ3n) is 4.19. The largest absolute Gasteiger partial charge is 0.322 e. The van der Waals surface area contributed by atoms with E-state index in [-0.39, 0.29) is 11.8 Å². The van der Waals surface area contributed by atoms with Crippen LogP contribution in [0.25, 0.3) is 0 Å². The molecular weight excluding hydrogens is 266 g/mol. The number of urea groups is 1. The predicted octanol–water partition coefficient (Wildman–Crippen LogP) is 2.20. The highest BCUT2D eigenvalue weighted by molar-refractivity contribution is 5.96. The molecule has 1 aromatic rings. The predicted molar refractivity (Wildman–Crippen MR) is 81.6 cm³/mol. The van der Waals surface area contributed by atoms with Crippen LogP contribution in [0.4, 0.5) is 10.5 Å². The van der Waals surface area contributed by atoms with Crippen molar-refractivity contribution in [3.05, 3.63) is 29.8 Å². The average molecular weight is 287 g/mol. The Labute approximate surface area is 124 Å². The van der Waals surface area contributed by atoms with Gasteiger partial charge in [-0.3, -0.25) is 9.69 Å². The Bertz CT molecular complexity index is 546. The molecule has 1 saturated heterocycles. The minimum atomic E-state index is -0.0776. The fourth-order valence-electron chi connectivity index (χ4n) is 2.75. The monoisotopic (exact) mass is 287 g/mol. The van der Waals surface area contributed by atoms with Crippen molar-refractivity contribution in [1.29, 1.82) is 0 Å². The van der Waals surface area contributed by atoms with E-state index in [1.807, 2.05) is 11.0 Å². The zero-order valence-corrected chi connectivity index (χ0v) is 12.3. The lowest BCUT2D eigenvalue weighted by molar-refractivity contribution is 0.101. The summed E-state index contributed by atoms with van der Waals surface area (Å²) in [6.45, 7) is 5.00. The molecule has 5 nitrogen and oxygen atoms in total. The Morgan fingerprint density at radius 2 is 1.86 bits per heavy atom. The molecule has 1 aromatic carbocycles. The van der Waals surface area contributed by atoms with E-state index >= 15 is 0 Å². The lowest BCUT2D eigenvalue weighted by Gasteiger charge is -2.34. The molecular formula is C16H21N3O2. The molecule has 0 radical (unpaired) electrons. The van der Waals surface area contributed by atoms with Crippen molar-refractivity contribution in [3.63, 3.8) is 0 Å². The van der Waals surface area contributed by atoms with Crippen molar-refractivity contribution in [3.8, 4) is 0 Å². The number of hydrogen-bond acceptors (Lipinski definition) is 3. The molecule has 1 N–H and O–H groups in total. The Balaban J connectivity index is 1.56. The first-order chi connectivity index (χ1) is 10.1. The summed E-state index contributed by atoms with van der Waals surface area (Å²) >= 11 is 0. The molecule has 1 heterocycles. The van der Waals surface area contributed by atoms with E-state index in [0.29, 0.717) is 11.3 Å². The van der Waals surface area contributed by atoms with E-state index in [2.05, 4.69) is 10.2 Å². The molecule has 0 spiro atoms. The fraction of sp³-hybridized carbons (Fsp3) is 0.500. The second kappa shape index (κ2) is 5.85. The van der Waals surface area contributed by atoms with Crippen LogP contribution in [0.15, 0.2) is 24.3 Å². The van der Waals surface area contributed by atoms with Crippen LogP contribution in [0.3, 0.4) is 0 Å². The van der Waals surface area contributed by atoms with Crippen LogP contribution in [0.5, 0.6) is 0 Å². The number of anilines is 1. The number of rotatable bonds is 3. The summed E-state index contributed by atoms with van der Waals surface area (Å²) in [6, 6.07) is 7.77. The Morgan fingerprint density at radius 3 is 2.48 bits per heavy atom. The number of hydrogen-bond donors (Lipinski definition) is 1. The molecule has 3 rings (SSSR count). The molecule has 1 aliphatic carbocycles. The highest BCUT2D eigenvalue weighted by Crippen LogP contribution is 2.27. The third kappa shape index (κ3) is 3.42. The normalized spacial score (nSPS) is 19.4. The number of nitrogens with one attached hydrogen (secondary N) is 1. The molecule has 2 aliphatic rings. The minimum absolute atomic E-state index is 0.00384. The first-order valence-electron chi connectivity index (χ1n) is 7.54. The highest BCUT2D eigenvalue weighted by Gasteiger charge is 2.32. The standard InChI is InChI=1S/C16H21N3O2/c1-12(20)13-3-2-4-14(11-13)17-16(21)19-9-7-18(8-10-19)15-5-6-15/h2-4,11,15H,5-10H2,1H3,(H,17,21). The van der Waals surface area contributed by atoms with Crippen LogP contribution in [0, 0.1) is 0 Å². The summed E-state index contributed by atoms with van der Waals surface area (Å²) < 4.78 is 0. The Morgan fingerprint density at radius 1 is 1.14 bits per heavy atom. The van der Waals surface area contributed by atoms with Gasteiger partial charge in [0.1, 0.15) is 0 Å². The van der Waals surface area contributed by atoms with Crippen molar-refractivity contribution in [2.24, 2.45) is 0 Å². The minimum Gasteiger partial charge on any atom is -0.322 e. The molecule has 0 unspecified atom stereocenters. The number of Topliss-reactive ketones (excluding diaryl/α,β-unsaturated/α-hetero) is 1. The van der Waals surface area contributed by atoms with Crippen molar-refractivity contribution < 1.29 is 9.59 Å². The summed E-state index contributed by atoms with van der Waals surface area (Å²) in [6.07, 6.45) is 2.62. The zero-order chi connectivity index (χ0) is 14.8. The van der Waals surface area contributed by atoms with E-state index in [1.54, 1.807) is 18.2 Å². The van der Waals surface area contributed by atoms with E-state index in [1.165, 1.54) is 19.8 Å². The van der Waals surface area contributed by atoms with Crippen LogP contribution >= 0.6 is 0 Å². The zero-order valence-electron chi connectivity index (χ0n) is 12.3. The maximum absolute atomic E-state index is 12.3. The smallest absolute Gasteiger partial charge is 0.321 e. The summed E-state index contributed by atoms with van der Waals surface area (Å²) in [4.78, 5) is 27.9. The number of carbonyl (C=O) groups is 2. The SMILES string of the molecule is CC(=O)c1cccc(NC(=O)N2CCN(C3CC3)CC2)c1. The molecule has 1 aliphatic heterocycles. The first-order valence-corrected chi connectivity index (χ1v) is 7.54. The third-order valence-corrected chi connectivity index (χ3v) is 4.19. The molecule has 1 saturated carbocycles. The molecule has 0 aromatic heterocycles. The quantitative estimate of drug-likeness (QED) is 0.867. The molecule has 5 heteroatoms. The lowest BCUT2D eigenvalue weighted by atomic mass is 10.1. The van der Waals surface area contributed by atoms with Crippen molar-refractivity contribution in [2.75, 3.05) is 31.5 Å². The van der Waals surface area contributed by atoms with Crippen molar-refractivity contribution in [2.45, 2.75) is 25.8 Å². The number of amides is 2. The number of piperazine rings is 1. The first kappa shape index (κ1) is 14.1.